The molecule has 1 aromatic rings. The molecule has 27 heavy (non-hydrogen) atoms. The molecule has 1 N–H and O–H groups in total. The van der Waals surface area contributed by atoms with E-state index in [-0.39, 0.29) is 17.9 Å². The van der Waals surface area contributed by atoms with Gasteiger partial charge in [0.25, 0.3) is 0 Å². The molecule has 0 aliphatic carbocycles. The number of hydrogen-bond donors (Lipinski definition) is 1. The van der Waals surface area contributed by atoms with Gasteiger partial charge in [-0.15, -0.1) is 0 Å². The molecule has 148 valence electrons. The maximum Gasteiger partial charge on any atom is 0.317 e. The van der Waals surface area contributed by atoms with Crippen LogP contribution >= 0.6 is 0 Å². The van der Waals surface area contributed by atoms with E-state index in [1.54, 1.807) is 11.8 Å². The molecule has 2 aliphatic heterocycles. The molecule has 0 saturated carbocycles. The van der Waals surface area contributed by atoms with Crippen molar-refractivity contribution < 1.29 is 23.1 Å². The highest BCUT2D eigenvalue weighted by Crippen LogP contribution is 2.21. The van der Waals surface area contributed by atoms with Gasteiger partial charge in [-0.25, -0.2) is 13.6 Å². The van der Waals surface area contributed by atoms with Crippen molar-refractivity contribution in [2.24, 2.45) is 5.92 Å². The average molecular weight is 381 g/mol. The topological polar surface area (TPSA) is 61.9 Å². The van der Waals surface area contributed by atoms with Gasteiger partial charge in [-0.05, 0) is 37.5 Å². The molecule has 0 aromatic heterocycles. The van der Waals surface area contributed by atoms with Crippen LogP contribution in [0.5, 0.6) is 0 Å². The smallest absolute Gasteiger partial charge is 0.317 e. The second kappa shape index (κ2) is 8.65. The molecule has 1 aromatic carbocycles. The number of likely N-dealkylation sites (tertiary alicyclic amines) is 1. The van der Waals surface area contributed by atoms with Crippen LogP contribution < -0.4 is 5.32 Å². The normalized spacial score (nSPS) is 19.7. The van der Waals surface area contributed by atoms with Gasteiger partial charge in [0, 0.05) is 32.1 Å². The summed E-state index contributed by atoms with van der Waals surface area (Å²) >= 11 is 0. The summed E-state index contributed by atoms with van der Waals surface area (Å²) in [5.74, 6) is -1.76. The van der Waals surface area contributed by atoms with Gasteiger partial charge in [0.2, 0.25) is 5.91 Å². The molecule has 2 heterocycles. The zero-order valence-electron chi connectivity index (χ0n) is 15.4. The first kappa shape index (κ1) is 19.5. The predicted octanol–water partition coefficient (Wildman–Crippen LogP) is 2.31. The van der Waals surface area contributed by atoms with E-state index in [2.05, 4.69) is 5.32 Å². The number of benzene rings is 1. The summed E-state index contributed by atoms with van der Waals surface area (Å²) in [7, 11) is 0. The lowest BCUT2D eigenvalue weighted by Gasteiger charge is -2.35. The van der Waals surface area contributed by atoms with Gasteiger partial charge in [-0.3, -0.25) is 4.79 Å². The van der Waals surface area contributed by atoms with Gasteiger partial charge in [-0.2, -0.15) is 0 Å². The molecule has 0 radical (unpaired) electrons. The Balaban J connectivity index is 1.49. The monoisotopic (exact) mass is 381 g/mol. The number of nitrogens with zero attached hydrogens (tertiary/aromatic N) is 2. The number of hydrogen-bond acceptors (Lipinski definition) is 3. The number of amides is 3. The zero-order chi connectivity index (χ0) is 19.4. The lowest BCUT2D eigenvalue weighted by Crippen LogP contribution is -2.49. The fourth-order valence-corrected chi connectivity index (χ4v) is 3.51. The summed E-state index contributed by atoms with van der Waals surface area (Å²) in [5, 5.41) is 2.81. The summed E-state index contributed by atoms with van der Waals surface area (Å²) < 4.78 is 31.7. The van der Waals surface area contributed by atoms with E-state index in [9.17, 15) is 18.4 Å². The van der Waals surface area contributed by atoms with Crippen LogP contribution in [-0.2, 0) is 9.53 Å². The van der Waals surface area contributed by atoms with Gasteiger partial charge in [0.15, 0.2) is 11.6 Å². The van der Waals surface area contributed by atoms with Crippen molar-refractivity contribution in [3.63, 3.8) is 0 Å². The Labute approximate surface area is 157 Å². The van der Waals surface area contributed by atoms with E-state index in [1.807, 2.05) is 4.90 Å². The number of nitrogens with one attached hydrogen (secondary N) is 1. The molecule has 2 aliphatic rings. The summed E-state index contributed by atoms with van der Waals surface area (Å²) in [6.07, 6.45) is 1.26. The van der Waals surface area contributed by atoms with Gasteiger partial charge in [0.1, 0.15) is 0 Å². The molecular formula is C19H25F2N3O3. The summed E-state index contributed by atoms with van der Waals surface area (Å²) in [6.45, 7) is 5.13. The molecule has 1 unspecified atom stereocenters. The van der Waals surface area contributed by atoms with Crippen LogP contribution in [0.3, 0.4) is 0 Å². The largest absolute Gasteiger partial charge is 0.378 e. The molecule has 1 atom stereocenters. The highest BCUT2D eigenvalue weighted by molar-refractivity contribution is 5.80. The third-order valence-electron chi connectivity index (χ3n) is 5.24. The Morgan fingerprint density at radius 2 is 1.74 bits per heavy atom. The van der Waals surface area contributed by atoms with E-state index in [1.165, 1.54) is 6.07 Å². The van der Waals surface area contributed by atoms with Crippen LogP contribution in [0, 0.1) is 17.6 Å². The first-order valence-electron chi connectivity index (χ1n) is 9.32. The molecule has 0 bridgehead atoms. The Hall–Kier alpha value is -2.22. The van der Waals surface area contributed by atoms with Crippen molar-refractivity contribution in [3.05, 3.63) is 35.4 Å². The van der Waals surface area contributed by atoms with Crippen molar-refractivity contribution in [1.82, 2.24) is 15.1 Å². The number of halogens is 2. The molecule has 0 spiro atoms. The third-order valence-corrected chi connectivity index (χ3v) is 5.24. The van der Waals surface area contributed by atoms with Crippen molar-refractivity contribution in [2.75, 3.05) is 39.4 Å². The number of morpholine rings is 1. The Bertz CT molecular complexity index is 687. The first-order valence-corrected chi connectivity index (χ1v) is 9.32. The summed E-state index contributed by atoms with van der Waals surface area (Å²) in [4.78, 5) is 28.5. The average Bonchev–Trinajstić information content (AvgIpc) is 2.70. The van der Waals surface area contributed by atoms with E-state index < -0.39 is 17.7 Å². The van der Waals surface area contributed by atoms with Crippen LogP contribution in [0.4, 0.5) is 13.6 Å². The van der Waals surface area contributed by atoms with Gasteiger partial charge in [0.05, 0.1) is 19.3 Å². The lowest BCUT2D eigenvalue weighted by atomic mass is 9.95. The number of piperidine rings is 1. The standard InChI is InChI=1S/C19H25F2N3O3/c1-13(15-2-3-16(20)17(21)12-15)22-19(26)24-6-4-14(5-7-24)18(25)23-8-10-27-11-9-23/h2-3,12-14H,4-11H2,1H3,(H,22,26). The highest BCUT2D eigenvalue weighted by Gasteiger charge is 2.31. The molecular weight excluding hydrogens is 356 g/mol. The van der Waals surface area contributed by atoms with Gasteiger partial charge >= 0.3 is 6.03 Å². The fourth-order valence-electron chi connectivity index (χ4n) is 3.51. The molecule has 8 heteroatoms. The number of urea groups is 1. The number of ether oxygens (including phenoxy) is 1. The number of carbonyl (C=O) groups is 2. The molecule has 2 fully saturated rings. The van der Waals surface area contributed by atoms with E-state index in [0.29, 0.717) is 57.8 Å². The fraction of sp³-hybridized carbons (Fsp3) is 0.579. The lowest BCUT2D eigenvalue weighted by molar-refractivity contribution is -0.141. The van der Waals surface area contributed by atoms with Crippen LogP contribution in [-0.4, -0.2) is 61.1 Å². The molecule has 6 nitrogen and oxygen atoms in total. The molecule has 3 rings (SSSR count). The maximum atomic E-state index is 13.4. The summed E-state index contributed by atoms with van der Waals surface area (Å²) in [5.41, 5.74) is 0.500. The predicted molar refractivity (Wildman–Crippen MR) is 95.0 cm³/mol. The molecule has 3 amide bonds. The first-order chi connectivity index (χ1) is 13.0. The van der Waals surface area contributed by atoms with Crippen molar-refractivity contribution in [2.45, 2.75) is 25.8 Å². The van der Waals surface area contributed by atoms with E-state index in [4.69, 9.17) is 4.74 Å². The van der Waals surface area contributed by atoms with Gasteiger partial charge in [-0.1, -0.05) is 6.07 Å². The minimum atomic E-state index is -0.934. The SMILES string of the molecule is CC(NC(=O)N1CCC(C(=O)N2CCOCC2)CC1)c1ccc(F)c(F)c1. The Kier molecular flexibility index (Phi) is 6.26. The van der Waals surface area contributed by atoms with Crippen LogP contribution in [0.2, 0.25) is 0 Å². The number of carbonyl (C=O) groups excluding carboxylic acids is 2. The third kappa shape index (κ3) is 4.74. The van der Waals surface area contributed by atoms with E-state index >= 15 is 0 Å². The summed E-state index contributed by atoms with van der Waals surface area (Å²) in [6, 6.07) is 2.89. The van der Waals surface area contributed by atoms with Crippen LogP contribution in [0.25, 0.3) is 0 Å². The zero-order valence-corrected chi connectivity index (χ0v) is 15.4. The Morgan fingerprint density at radius 1 is 1.07 bits per heavy atom. The minimum Gasteiger partial charge on any atom is -0.378 e. The maximum absolute atomic E-state index is 13.4. The van der Waals surface area contributed by atoms with Crippen LogP contribution in [0.15, 0.2) is 18.2 Å². The number of rotatable bonds is 3. The van der Waals surface area contributed by atoms with Gasteiger partial charge < -0.3 is 19.9 Å². The second-order valence-corrected chi connectivity index (χ2v) is 7.04. The Morgan fingerprint density at radius 3 is 2.37 bits per heavy atom. The van der Waals surface area contributed by atoms with Crippen molar-refractivity contribution in [1.29, 1.82) is 0 Å². The van der Waals surface area contributed by atoms with Crippen molar-refractivity contribution >= 4 is 11.9 Å². The minimum absolute atomic E-state index is 0.0595. The second-order valence-electron chi connectivity index (χ2n) is 7.04. The quantitative estimate of drug-likeness (QED) is 0.874. The van der Waals surface area contributed by atoms with E-state index in [0.717, 1.165) is 12.1 Å². The van der Waals surface area contributed by atoms with Crippen molar-refractivity contribution in [3.8, 4) is 0 Å². The van der Waals surface area contributed by atoms with Crippen LogP contribution in [0.1, 0.15) is 31.4 Å². The molecule has 2 saturated heterocycles. The highest BCUT2D eigenvalue weighted by atomic mass is 19.2.